The lowest BCUT2D eigenvalue weighted by Crippen LogP contribution is -2.52. The molecule has 0 radical (unpaired) electrons. The largest absolute Gasteiger partial charge is 0.335 e. The van der Waals surface area contributed by atoms with Crippen LogP contribution in [0.5, 0.6) is 0 Å². The Hall–Kier alpha value is -2.49. The fraction of sp³-hybridized carbons (Fsp3) is 0.312. The van der Waals surface area contributed by atoms with Crippen LogP contribution in [0.15, 0.2) is 24.4 Å². The number of nitrogens with zero attached hydrogens (tertiary/aromatic N) is 4. The molecule has 0 aliphatic carbocycles. The van der Waals surface area contributed by atoms with Gasteiger partial charge in [-0.05, 0) is 18.2 Å². The number of hydrogen-bond donors (Lipinski definition) is 0. The fourth-order valence-corrected chi connectivity index (χ4v) is 3.60. The normalized spacial score (nSPS) is 15.0. The second kappa shape index (κ2) is 6.35. The minimum atomic E-state index is -2.57. The van der Waals surface area contributed by atoms with Gasteiger partial charge in [-0.25, -0.2) is 18.2 Å². The molecule has 4 heterocycles. The first-order chi connectivity index (χ1) is 12.4. The highest BCUT2D eigenvalue weighted by atomic mass is 32.1. The molecule has 3 aromatic rings. The highest BCUT2D eigenvalue weighted by Crippen LogP contribution is 2.34. The summed E-state index contributed by atoms with van der Waals surface area (Å²) in [5.74, 6) is -1.20. The van der Waals surface area contributed by atoms with E-state index in [9.17, 15) is 22.4 Å². The quantitative estimate of drug-likeness (QED) is 0.648. The molecule has 5 nitrogen and oxygen atoms in total. The van der Waals surface area contributed by atoms with Crippen LogP contribution in [0, 0.1) is 5.95 Å². The number of pyridine rings is 1. The topological polar surface area (TPSA) is 51.0 Å². The zero-order chi connectivity index (χ0) is 18.4. The fourth-order valence-electron chi connectivity index (χ4n) is 2.75. The summed E-state index contributed by atoms with van der Waals surface area (Å²) in [6, 6.07) is 4.42. The van der Waals surface area contributed by atoms with Gasteiger partial charge in [-0.1, -0.05) is 0 Å². The van der Waals surface area contributed by atoms with E-state index in [1.54, 1.807) is 12.1 Å². The van der Waals surface area contributed by atoms with Crippen LogP contribution in [-0.2, 0) is 11.3 Å². The Kier molecular flexibility index (Phi) is 4.14. The monoisotopic (exact) mass is 384 g/mol. The molecule has 1 aliphatic rings. The van der Waals surface area contributed by atoms with Crippen molar-refractivity contribution in [3.8, 4) is 10.4 Å². The van der Waals surface area contributed by atoms with Crippen LogP contribution < -0.4 is 0 Å². The maximum atomic E-state index is 14.0. The van der Waals surface area contributed by atoms with Gasteiger partial charge >= 0.3 is 0 Å². The van der Waals surface area contributed by atoms with Crippen molar-refractivity contribution >= 4 is 28.3 Å². The first kappa shape index (κ1) is 17.0. The van der Waals surface area contributed by atoms with Gasteiger partial charge in [-0.2, -0.15) is 4.39 Å². The minimum Gasteiger partial charge on any atom is -0.335 e. The standard InChI is InChI=1S/C16H12F4N4OS/c17-9-5-23(6-9)13(25)7-24-10-3-8(4-21-14(10)16(20)22-24)11-1-2-12(26-11)15(18)19/h1-4,9,15H,5-7H2. The smallest absolute Gasteiger partial charge is 0.272 e. The molecule has 26 heavy (non-hydrogen) atoms. The van der Waals surface area contributed by atoms with Crippen molar-refractivity contribution in [3.63, 3.8) is 0 Å². The van der Waals surface area contributed by atoms with Gasteiger partial charge in [0.15, 0.2) is 0 Å². The number of hydrogen-bond acceptors (Lipinski definition) is 4. The van der Waals surface area contributed by atoms with Crippen molar-refractivity contribution in [3.05, 3.63) is 35.2 Å². The van der Waals surface area contributed by atoms with Gasteiger partial charge in [0.25, 0.3) is 12.4 Å². The summed E-state index contributed by atoms with van der Waals surface area (Å²) in [7, 11) is 0. The molecule has 4 rings (SSSR count). The average molecular weight is 384 g/mol. The number of likely N-dealkylation sites (tertiary alicyclic amines) is 1. The van der Waals surface area contributed by atoms with Crippen molar-refractivity contribution in [2.75, 3.05) is 13.1 Å². The molecule has 0 atom stereocenters. The van der Waals surface area contributed by atoms with Gasteiger partial charge in [0.05, 0.1) is 23.5 Å². The Morgan fingerprint density at radius 1 is 1.35 bits per heavy atom. The lowest BCUT2D eigenvalue weighted by Gasteiger charge is -2.34. The Morgan fingerprint density at radius 2 is 2.12 bits per heavy atom. The van der Waals surface area contributed by atoms with E-state index >= 15 is 0 Å². The summed E-state index contributed by atoms with van der Waals surface area (Å²) in [6.45, 7) is -0.198. The highest BCUT2D eigenvalue weighted by molar-refractivity contribution is 7.15. The highest BCUT2D eigenvalue weighted by Gasteiger charge is 2.30. The molecule has 0 unspecified atom stereocenters. The van der Waals surface area contributed by atoms with Crippen LogP contribution in [0.2, 0.25) is 0 Å². The molecule has 0 spiro atoms. The third-order valence-electron chi connectivity index (χ3n) is 4.15. The number of thiophene rings is 1. The Bertz CT molecular complexity index is 980. The maximum Gasteiger partial charge on any atom is 0.272 e. The van der Waals surface area contributed by atoms with E-state index in [1.165, 1.54) is 17.2 Å². The molecule has 0 bridgehead atoms. The van der Waals surface area contributed by atoms with E-state index in [4.69, 9.17) is 0 Å². The third kappa shape index (κ3) is 2.94. The summed E-state index contributed by atoms with van der Waals surface area (Å²) in [4.78, 5) is 17.9. The molecular weight excluding hydrogens is 372 g/mol. The van der Waals surface area contributed by atoms with Crippen molar-refractivity contribution in [1.29, 1.82) is 0 Å². The van der Waals surface area contributed by atoms with E-state index in [2.05, 4.69) is 10.1 Å². The number of rotatable bonds is 4. The molecule has 1 fully saturated rings. The van der Waals surface area contributed by atoms with E-state index < -0.39 is 18.5 Å². The van der Waals surface area contributed by atoms with Gasteiger partial charge in [0.2, 0.25) is 5.91 Å². The molecule has 10 heteroatoms. The molecule has 1 saturated heterocycles. The zero-order valence-corrected chi connectivity index (χ0v) is 14.0. The number of aromatic nitrogens is 3. The van der Waals surface area contributed by atoms with Crippen LogP contribution in [0.4, 0.5) is 17.6 Å². The average Bonchev–Trinajstić information content (AvgIpc) is 3.18. The second-order valence-corrected chi connectivity index (χ2v) is 7.05. The molecule has 1 amide bonds. The number of fused-ring (bicyclic) bond motifs is 1. The Morgan fingerprint density at radius 3 is 2.77 bits per heavy atom. The van der Waals surface area contributed by atoms with Gasteiger partial charge in [0, 0.05) is 16.6 Å². The second-order valence-electron chi connectivity index (χ2n) is 5.94. The minimum absolute atomic E-state index is 0.0147. The van der Waals surface area contributed by atoms with E-state index in [0.717, 1.165) is 16.0 Å². The summed E-state index contributed by atoms with van der Waals surface area (Å²) in [6.07, 6.45) is -2.22. The van der Waals surface area contributed by atoms with Crippen molar-refractivity contribution in [1.82, 2.24) is 19.7 Å². The van der Waals surface area contributed by atoms with Gasteiger partial charge < -0.3 is 4.90 Å². The predicted molar refractivity (Wildman–Crippen MR) is 87.2 cm³/mol. The third-order valence-corrected chi connectivity index (χ3v) is 5.29. The number of halogens is 4. The number of carbonyl (C=O) groups is 1. The van der Waals surface area contributed by atoms with E-state index in [1.807, 2.05) is 0 Å². The van der Waals surface area contributed by atoms with E-state index in [-0.39, 0.29) is 41.5 Å². The van der Waals surface area contributed by atoms with Gasteiger partial charge in [0.1, 0.15) is 18.2 Å². The van der Waals surface area contributed by atoms with Crippen molar-refractivity contribution in [2.24, 2.45) is 0 Å². The number of carbonyl (C=O) groups excluding carboxylic acids is 1. The SMILES string of the molecule is O=C(Cn1nc(F)c2ncc(-c3ccc(C(F)F)s3)cc21)N1CC(F)C1. The van der Waals surface area contributed by atoms with Crippen LogP contribution >= 0.6 is 11.3 Å². The van der Waals surface area contributed by atoms with E-state index in [0.29, 0.717) is 10.4 Å². The van der Waals surface area contributed by atoms with Crippen LogP contribution in [0.1, 0.15) is 11.3 Å². The van der Waals surface area contributed by atoms with Crippen molar-refractivity contribution in [2.45, 2.75) is 19.1 Å². The van der Waals surface area contributed by atoms with Crippen LogP contribution in [0.3, 0.4) is 0 Å². The van der Waals surface area contributed by atoms with Crippen LogP contribution in [0.25, 0.3) is 21.5 Å². The van der Waals surface area contributed by atoms with Crippen molar-refractivity contribution < 1.29 is 22.4 Å². The summed E-state index contributed by atoms with van der Waals surface area (Å²) < 4.78 is 53.6. The van der Waals surface area contributed by atoms with Gasteiger partial charge in [-0.3, -0.25) is 9.48 Å². The first-order valence-electron chi connectivity index (χ1n) is 7.74. The molecule has 0 N–H and O–H groups in total. The molecule has 136 valence electrons. The molecular formula is C16H12F4N4OS. The maximum absolute atomic E-state index is 14.0. The molecule has 3 aromatic heterocycles. The number of alkyl halides is 3. The summed E-state index contributed by atoms with van der Waals surface area (Å²) in [5, 5.41) is 3.69. The molecule has 0 saturated carbocycles. The predicted octanol–water partition coefficient (Wildman–Crippen LogP) is 3.42. The first-order valence-corrected chi connectivity index (χ1v) is 8.56. The molecule has 1 aliphatic heterocycles. The van der Waals surface area contributed by atoms with Crippen LogP contribution in [-0.4, -0.2) is 44.8 Å². The number of amides is 1. The summed E-state index contributed by atoms with van der Waals surface area (Å²) >= 11 is 0.917. The lowest BCUT2D eigenvalue weighted by atomic mass is 10.2. The zero-order valence-electron chi connectivity index (χ0n) is 13.2. The lowest BCUT2D eigenvalue weighted by molar-refractivity contribution is -0.139. The van der Waals surface area contributed by atoms with Gasteiger partial charge in [-0.15, -0.1) is 16.4 Å². The Labute approximate surface area is 148 Å². The summed E-state index contributed by atoms with van der Waals surface area (Å²) in [5.41, 5.74) is 0.785. The molecule has 0 aromatic carbocycles. The Balaban J connectivity index is 1.66.